The summed E-state index contributed by atoms with van der Waals surface area (Å²) in [5.74, 6) is -0.234. The number of carbonyl (C=O) groups excluding carboxylic acids is 1. The minimum atomic E-state index is -1.02. The first-order valence-corrected chi connectivity index (χ1v) is 13.3. The Labute approximate surface area is 197 Å². The highest BCUT2D eigenvalue weighted by Gasteiger charge is 2.40. The highest BCUT2D eigenvalue weighted by atomic mass is 16.5. The van der Waals surface area contributed by atoms with Crippen LogP contribution in [0.4, 0.5) is 0 Å². The van der Waals surface area contributed by atoms with Crippen LogP contribution in [0.3, 0.4) is 0 Å². The lowest BCUT2D eigenvalue weighted by Crippen LogP contribution is -2.46. The van der Waals surface area contributed by atoms with Gasteiger partial charge in [0.15, 0.2) is 0 Å². The lowest BCUT2D eigenvalue weighted by molar-refractivity contribution is -0.158. The number of esters is 1. The number of allylic oxidation sites excluding steroid dienone is 3. The minimum absolute atomic E-state index is 0.0154. The zero-order valence-corrected chi connectivity index (χ0v) is 21.1. The van der Waals surface area contributed by atoms with E-state index in [1.54, 1.807) is 0 Å². The fourth-order valence-electron chi connectivity index (χ4n) is 4.29. The predicted molar refractivity (Wildman–Crippen MR) is 134 cm³/mol. The number of hydrogen-bond donors (Lipinski definition) is 2. The molecule has 0 saturated carbocycles. The van der Waals surface area contributed by atoms with Gasteiger partial charge in [-0.05, 0) is 56.4 Å². The van der Waals surface area contributed by atoms with Gasteiger partial charge < -0.3 is 14.9 Å². The van der Waals surface area contributed by atoms with E-state index in [1.807, 2.05) is 19.9 Å². The Bertz CT molecular complexity index is 552. The Morgan fingerprint density at radius 1 is 0.906 bits per heavy atom. The average Bonchev–Trinajstić information content (AvgIpc) is 2.76. The number of carbonyl (C=O) groups is 1. The summed E-state index contributed by atoms with van der Waals surface area (Å²) >= 11 is 0. The van der Waals surface area contributed by atoms with Crippen LogP contribution < -0.4 is 0 Å². The van der Waals surface area contributed by atoms with Crippen molar-refractivity contribution in [1.29, 1.82) is 0 Å². The van der Waals surface area contributed by atoms with Gasteiger partial charge in [-0.25, -0.2) is 0 Å². The van der Waals surface area contributed by atoms with Gasteiger partial charge in [0.05, 0.1) is 12.5 Å². The molecule has 0 spiro atoms. The lowest BCUT2D eigenvalue weighted by atomic mass is 9.80. The third-order valence-electron chi connectivity index (χ3n) is 6.74. The van der Waals surface area contributed by atoms with Crippen LogP contribution in [-0.2, 0) is 9.53 Å². The summed E-state index contributed by atoms with van der Waals surface area (Å²) in [6.07, 6.45) is 23.8. The largest absolute Gasteiger partial charge is 0.462 e. The Kier molecular flexibility index (Phi) is 15.7. The van der Waals surface area contributed by atoms with E-state index in [0.717, 1.165) is 50.5 Å². The van der Waals surface area contributed by atoms with Crippen LogP contribution in [0, 0.1) is 5.92 Å². The smallest absolute Gasteiger partial charge is 0.310 e. The SMILES string of the molecule is CCCCCCCCCC=CCCC(O)CCCCCC=C1CC(=O)OCC1(O)C(C)C. The van der Waals surface area contributed by atoms with Crippen LogP contribution in [0.5, 0.6) is 0 Å². The van der Waals surface area contributed by atoms with Crippen LogP contribution in [0.1, 0.15) is 124 Å². The number of aliphatic hydroxyl groups excluding tert-OH is 1. The Morgan fingerprint density at radius 3 is 2.25 bits per heavy atom. The molecule has 1 fully saturated rings. The molecule has 0 aliphatic carbocycles. The van der Waals surface area contributed by atoms with Gasteiger partial charge in [-0.1, -0.05) is 90.4 Å². The van der Waals surface area contributed by atoms with Crippen molar-refractivity contribution in [2.75, 3.05) is 6.61 Å². The lowest BCUT2D eigenvalue weighted by Gasteiger charge is -2.37. The molecule has 0 bridgehead atoms. The van der Waals surface area contributed by atoms with Gasteiger partial charge in [-0.15, -0.1) is 0 Å². The van der Waals surface area contributed by atoms with Gasteiger partial charge in [0.2, 0.25) is 0 Å². The van der Waals surface area contributed by atoms with Crippen molar-refractivity contribution in [2.24, 2.45) is 5.92 Å². The molecule has 32 heavy (non-hydrogen) atoms. The molecule has 0 aromatic carbocycles. The molecule has 186 valence electrons. The Hall–Kier alpha value is -1.13. The van der Waals surface area contributed by atoms with E-state index in [4.69, 9.17) is 4.74 Å². The number of cyclic esters (lactones) is 1. The maximum atomic E-state index is 11.6. The second-order valence-corrected chi connectivity index (χ2v) is 9.90. The summed E-state index contributed by atoms with van der Waals surface area (Å²) in [4.78, 5) is 11.6. The number of ether oxygens (including phenoxy) is 1. The van der Waals surface area contributed by atoms with E-state index in [1.165, 1.54) is 51.4 Å². The summed E-state index contributed by atoms with van der Waals surface area (Å²) in [5, 5.41) is 21.0. The number of rotatable bonds is 18. The third kappa shape index (κ3) is 12.2. The van der Waals surface area contributed by atoms with Crippen molar-refractivity contribution < 1.29 is 19.7 Å². The van der Waals surface area contributed by atoms with Crippen molar-refractivity contribution in [3.8, 4) is 0 Å². The van der Waals surface area contributed by atoms with E-state index in [9.17, 15) is 15.0 Å². The first-order chi connectivity index (χ1) is 15.4. The maximum Gasteiger partial charge on any atom is 0.310 e. The number of unbranched alkanes of at least 4 members (excludes halogenated alkanes) is 10. The van der Waals surface area contributed by atoms with Gasteiger partial charge in [0, 0.05) is 0 Å². The molecule has 2 unspecified atom stereocenters. The minimum Gasteiger partial charge on any atom is -0.462 e. The summed E-state index contributed by atoms with van der Waals surface area (Å²) in [5.41, 5.74) is -0.209. The molecule has 0 aromatic heterocycles. The summed E-state index contributed by atoms with van der Waals surface area (Å²) in [6.45, 7) is 6.24. The molecule has 0 amide bonds. The first kappa shape index (κ1) is 28.9. The van der Waals surface area contributed by atoms with Crippen molar-refractivity contribution in [1.82, 2.24) is 0 Å². The number of hydrogen-bond acceptors (Lipinski definition) is 4. The van der Waals surface area contributed by atoms with Crippen LogP contribution in [0.2, 0.25) is 0 Å². The fraction of sp³-hybridized carbons (Fsp3) is 0.821. The molecule has 0 radical (unpaired) electrons. The molecular formula is C28H50O4. The zero-order chi connectivity index (χ0) is 23.7. The van der Waals surface area contributed by atoms with Crippen molar-refractivity contribution in [3.05, 3.63) is 23.8 Å². The molecule has 4 nitrogen and oxygen atoms in total. The molecule has 1 rings (SSSR count). The second kappa shape index (κ2) is 17.4. The molecule has 4 heteroatoms. The summed E-state index contributed by atoms with van der Waals surface area (Å²) in [7, 11) is 0. The molecular weight excluding hydrogens is 400 g/mol. The quantitative estimate of drug-likeness (QED) is 0.134. The predicted octanol–water partition coefficient (Wildman–Crippen LogP) is 7.04. The molecule has 0 aromatic rings. The third-order valence-corrected chi connectivity index (χ3v) is 6.74. The topological polar surface area (TPSA) is 66.8 Å². The van der Waals surface area contributed by atoms with Crippen LogP contribution >= 0.6 is 0 Å². The molecule has 1 saturated heterocycles. The van der Waals surface area contributed by atoms with Crippen LogP contribution in [-0.4, -0.2) is 34.5 Å². The Morgan fingerprint density at radius 2 is 1.53 bits per heavy atom. The van der Waals surface area contributed by atoms with E-state index >= 15 is 0 Å². The van der Waals surface area contributed by atoms with E-state index in [2.05, 4.69) is 19.1 Å². The van der Waals surface area contributed by atoms with Gasteiger partial charge in [-0.3, -0.25) is 4.79 Å². The fourth-order valence-corrected chi connectivity index (χ4v) is 4.29. The highest BCUT2D eigenvalue weighted by molar-refractivity contribution is 5.74. The van der Waals surface area contributed by atoms with Gasteiger partial charge in [0.25, 0.3) is 0 Å². The monoisotopic (exact) mass is 450 g/mol. The Balaban J connectivity index is 2.06. The standard InChI is InChI=1S/C28H50O4/c1-4-5-6-7-8-9-10-11-12-13-17-20-26(29)21-18-15-14-16-19-25-22-27(30)32-23-28(25,31)24(2)3/h12-13,19,24,26,29,31H,4-11,14-18,20-23H2,1-3H3. The zero-order valence-electron chi connectivity index (χ0n) is 21.1. The van der Waals surface area contributed by atoms with Gasteiger partial charge >= 0.3 is 5.97 Å². The van der Waals surface area contributed by atoms with Crippen molar-refractivity contribution >= 4 is 5.97 Å². The normalized spacial score (nSPS) is 21.6. The maximum absolute atomic E-state index is 11.6. The molecule has 1 aliphatic rings. The molecule has 1 heterocycles. The van der Waals surface area contributed by atoms with Gasteiger partial charge in [0.1, 0.15) is 12.2 Å². The second-order valence-electron chi connectivity index (χ2n) is 9.90. The van der Waals surface area contributed by atoms with Crippen LogP contribution in [0.25, 0.3) is 0 Å². The van der Waals surface area contributed by atoms with E-state index < -0.39 is 5.60 Å². The summed E-state index contributed by atoms with van der Waals surface area (Å²) < 4.78 is 5.07. The van der Waals surface area contributed by atoms with Crippen molar-refractivity contribution in [3.63, 3.8) is 0 Å². The molecule has 2 N–H and O–H groups in total. The highest BCUT2D eigenvalue weighted by Crippen LogP contribution is 2.33. The number of aliphatic hydroxyl groups is 2. The van der Waals surface area contributed by atoms with Crippen LogP contribution in [0.15, 0.2) is 23.8 Å². The first-order valence-electron chi connectivity index (χ1n) is 13.3. The average molecular weight is 451 g/mol. The molecule has 2 atom stereocenters. The summed E-state index contributed by atoms with van der Waals surface area (Å²) in [6, 6.07) is 0. The van der Waals surface area contributed by atoms with E-state index in [0.29, 0.717) is 0 Å². The van der Waals surface area contributed by atoms with Gasteiger partial charge in [-0.2, -0.15) is 0 Å². The van der Waals surface area contributed by atoms with Crippen molar-refractivity contribution in [2.45, 2.75) is 135 Å². The van der Waals surface area contributed by atoms with E-state index in [-0.39, 0.29) is 31.0 Å². The molecule has 1 aliphatic heterocycles.